The predicted octanol–water partition coefficient (Wildman–Crippen LogP) is 2.70. The summed E-state index contributed by atoms with van der Waals surface area (Å²) in [5.74, 6) is 0.687. The highest BCUT2D eigenvalue weighted by molar-refractivity contribution is 7.08. The Morgan fingerprint density at radius 3 is 2.95 bits per heavy atom. The number of thiophene rings is 1. The highest BCUT2D eigenvalue weighted by Crippen LogP contribution is 2.26. The van der Waals surface area contributed by atoms with Crippen LogP contribution >= 0.6 is 11.3 Å². The Labute approximate surface area is 124 Å². The largest absolute Gasteiger partial charge is 0.328 e. The molecule has 1 aliphatic rings. The summed E-state index contributed by atoms with van der Waals surface area (Å²) >= 11 is 1.72. The summed E-state index contributed by atoms with van der Waals surface area (Å²) in [6.07, 6.45) is 4.39. The fraction of sp³-hybridized carbons (Fsp3) is 0.533. The van der Waals surface area contributed by atoms with Crippen molar-refractivity contribution in [2.24, 2.45) is 11.7 Å². The van der Waals surface area contributed by atoms with Crippen LogP contribution in [-0.4, -0.2) is 34.2 Å². The summed E-state index contributed by atoms with van der Waals surface area (Å²) < 4.78 is 0. The number of piperidine rings is 1. The molecule has 0 saturated carbocycles. The molecule has 0 amide bonds. The number of nitrogens with zero attached hydrogens (tertiary/aromatic N) is 2. The number of nitrogens with two attached hydrogens (primary N) is 1. The van der Waals surface area contributed by atoms with Gasteiger partial charge < -0.3 is 5.73 Å². The Hall–Kier alpha value is -1.17. The van der Waals surface area contributed by atoms with E-state index < -0.39 is 0 Å². The third-order valence-corrected chi connectivity index (χ3v) is 4.98. The number of rotatable bonds is 4. The second-order valence-corrected chi connectivity index (χ2v) is 6.53. The number of hydrogen-bond donors (Lipinski definition) is 2. The molecule has 3 rings (SSSR count). The first-order valence-corrected chi connectivity index (χ1v) is 8.21. The Morgan fingerprint density at radius 1 is 1.50 bits per heavy atom. The van der Waals surface area contributed by atoms with E-state index in [0.29, 0.717) is 12.0 Å². The van der Waals surface area contributed by atoms with Gasteiger partial charge in [-0.3, -0.25) is 10.00 Å². The number of nitrogens with one attached hydrogen (secondary N) is 1. The SMILES string of the molecule is CC(N)C1CCN(Cc2cn[nH]c2-c2ccsc2)CC1. The molecule has 3 N–H and O–H groups in total. The molecular formula is C15H22N4S. The van der Waals surface area contributed by atoms with Crippen LogP contribution in [0.2, 0.25) is 0 Å². The minimum absolute atomic E-state index is 0.326. The number of H-pyrrole nitrogens is 1. The van der Waals surface area contributed by atoms with Crippen LogP contribution in [0, 0.1) is 5.92 Å². The zero-order valence-electron chi connectivity index (χ0n) is 11.9. The standard InChI is InChI=1S/C15H22N4S/c1-11(16)12-2-5-19(6-3-12)9-14-8-17-18-15(14)13-4-7-20-10-13/h4,7-8,10-12H,2-3,5-6,9,16H2,1H3,(H,17,18). The molecule has 108 valence electrons. The van der Waals surface area contributed by atoms with Crippen molar-refractivity contribution in [3.05, 3.63) is 28.6 Å². The zero-order chi connectivity index (χ0) is 13.9. The molecule has 0 aliphatic carbocycles. The average molecular weight is 290 g/mol. The molecule has 0 radical (unpaired) electrons. The lowest BCUT2D eigenvalue weighted by Gasteiger charge is -2.33. The second-order valence-electron chi connectivity index (χ2n) is 5.75. The van der Waals surface area contributed by atoms with Crippen LogP contribution in [0.5, 0.6) is 0 Å². The number of aromatic amines is 1. The van der Waals surface area contributed by atoms with Crippen LogP contribution in [0.3, 0.4) is 0 Å². The molecule has 20 heavy (non-hydrogen) atoms. The van der Waals surface area contributed by atoms with Crippen LogP contribution in [0.4, 0.5) is 0 Å². The Bertz CT molecular complexity index is 524. The fourth-order valence-electron chi connectivity index (χ4n) is 2.97. The molecule has 1 saturated heterocycles. The van der Waals surface area contributed by atoms with Crippen molar-refractivity contribution in [3.8, 4) is 11.3 Å². The highest BCUT2D eigenvalue weighted by atomic mass is 32.1. The molecule has 2 aromatic rings. The fourth-order valence-corrected chi connectivity index (χ4v) is 3.61. The van der Waals surface area contributed by atoms with Crippen LogP contribution in [0.25, 0.3) is 11.3 Å². The van der Waals surface area contributed by atoms with Gasteiger partial charge in [0.25, 0.3) is 0 Å². The normalized spacial score (nSPS) is 19.3. The average Bonchev–Trinajstić information content (AvgIpc) is 3.09. The minimum Gasteiger partial charge on any atom is -0.328 e. The summed E-state index contributed by atoms with van der Waals surface area (Å²) in [6, 6.07) is 2.47. The van der Waals surface area contributed by atoms with Gasteiger partial charge in [0.2, 0.25) is 0 Å². The van der Waals surface area contributed by atoms with Gasteiger partial charge in [0.05, 0.1) is 11.9 Å². The van der Waals surface area contributed by atoms with E-state index in [9.17, 15) is 0 Å². The lowest BCUT2D eigenvalue weighted by Crippen LogP contribution is -2.39. The third kappa shape index (κ3) is 2.95. The van der Waals surface area contributed by atoms with E-state index in [1.54, 1.807) is 11.3 Å². The van der Waals surface area contributed by atoms with E-state index in [1.807, 2.05) is 6.20 Å². The first kappa shape index (κ1) is 13.8. The van der Waals surface area contributed by atoms with E-state index in [4.69, 9.17) is 5.73 Å². The molecule has 5 heteroatoms. The maximum Gasteiger partial charge on any atom is 0.0703 e. The summed E-state index contributed by atoms with van der Waals surface area (Å²) in [5.41, 5.74) is 9.71. The van der Waals surface area contributed by atoms with E-state index in [2.05, 4.69) is 38.8 Å². The molecule has 0 bridgehead atoms. The zero-order valence-corrected chi connectivity index (χ0v) is 12.7. The van der Waals surface area contributed by atoms with Crippen LogP contribution in [-0.2, 0) is 6.54 Å². The smallest absolute Gasteiger partial charge is 0.0703 e. The molecule has 0 spiro atoms. The first-order chi connectivity index (χ1) is 9.74. The molecule has 1 fully saturated rings. The maximum atomic E-state index is 6.00. The van der Waals surface area contributed by atoms with Crippen molar-refractivity contribution in [2.45, 2.75) is 32.4 Å². The molecule has 0 aromatic carbocycles. The monoisotopic (exact) mass is 290 g/mol. The number of likely N-dealkylation sites (tertiary alicyclic amines) is 1. The summed E-state index contributed by atoms with van der Waals surface area (Å²) in [4.78, 5) is 2.51. The number of hydrogen-bond acceptors (Lipinski definition) is 4. The lowest BCUT2D eigenvalue weighted by molar-refractivity contribution is 0.166. The van der Waals surface area contributed by atoms with E-state index in [0.717, 1.165) is 19.6 Å². The molecule has 1 unspecified atom stereocenters. The topological polar surface area (TPSA) is 57.9 Å². The Morgan fingerprint density at radius 2 is 2.30 bits per heavy atom. The second kappa shape index (κ2) is 6.08. The molecule has 1 atom stereocenters. The van der Waals surface area contributed by atoms with Gasteiger partial charge in [-0.15, -0.1) is 0 Å². The summed E-state index contributed by atoms with van der Waals surface area (Å²) in [7, 11) is 0. The molecule has 1 aliphatic heterocycles. The Balaban J connectivity index is 1.64. The molecule has 2 aromatic heterocycles. The lowest BCUT2D eigenvalue weighted by atomic mass is 9.91. The van der Waals surface area contributed by atoms with Gasteiger partial charge in [0.15, 0.2) is 0 Å². The van der Waals surface area contributed by atoms with E-state index in [1.165, 1.54) is 29.7 Å². The maximum absolute atomic E-state index is 6.00. The van der Waals surface area contributed by atoms with Crippen molar-refractivity contribution in [2.75, 3.05) is 13.1 Å². The molecular weight excluding hydrogens is 268 g/mol. The van der Waals surface area contributed by atoms with Gasteiger partial charge in [-0.05, 0) is 50.2 Å². The van der Waals surface area contributed by atoms with Gasteiger partial charge in [0.1, 0.15) is 0 Å². The minimum atomic E-state index is 0.326. The van der Waals surface area contributed by atoms with Crippen LogP contribution in [0.1, 0.15) is 25.3 Å². The van der Waals surface area contributed by atoms with Crippen molar-refractivity contribution < 1.29 is 0 Å². The van der Waals surface area contributed by atoms with Crippen molar-refractivity contribution in [3.63, 3.8) is 0 Å². The third-order valence-electron chi connectivity index (χ3n) is 4.30. The van der Waals surface area contributed by atoms with Gasteiger partial charge >= 0.3 is 0 Å². The van der Waals surface area contributed by atoms with Crippen LogP contribution in [0.15, 0.2) is 23.0 Å². The molecule has 3 heterocycles. The number of aromatic nitrogens is 2. The quantitative estimate of drug-likeness (QED) is 0.910. The van der Waals surface area contributed by atoms with Crippen molar-refractivity contribution in [1.29, 1.82) is 0 Å². The van der Waals surface area contributed by atoms with Crippen LogP contribution < -0.4 is 5.73 Å². The van der Waals surface area contributed by atoms with Gasteiger partial charge in [-0.1, -0.05) is 0 Å². The molecule has 4 nitrogen and oxygen atoms in total. The van der Waals surface area contributed by atoms with Gasteiger partial charge in [-0.25, -0.2) is 0 Å². The summed E-state index contributed by atoms with van der Waals surface area (Å²) in [6.45, 7) is 5.39. The van der Waals surface area contributed by atoms with Gasteiger partial charge in [0, 0.05) is 29.1 Å². The highest BCUT2D eigenvalue weighted by Gasteiger charge is 2.22. The van der Waals surface area contributed by atoms with E-state index in [-0.39, 0.29) is 0 Å². The Kier molecular flexibility index (Phi) is 4.19. The summed E-state index contributed by atoms with van der Waals surface area (Å²) in [5, 5.41) is 11.6. The van der Waals surface area contributed by atoms with Crippen molar-refractivity contribution in [1.82, 2.24) is 15.1 Å². The van der Waals surface area contributed by atoms with E-state index >= 15 is 0 Å². The predicted molar refractivity (Wildman–Crippen MR) is 83.6 cm³/mol. The van der Waals surface area contributed by atoms with Crippen molar-refractivity contribution >= 4 is 11.3 Å². The van der Waals surface area contributed by atoms with Gasteiger partial charge in [-0.2, -0.15) is 16.4 Å². The first-order valence-electron chi connectivity index (χ1n) is 7.27.